The van der Waals surface area contributed by atoms with E-state index in [0.29, 0.717) is 18.8 Å². The highest BCUT2D eigenvalue weighted by Gasteiger charge is 2.36. The van der Waals surface area contributed by atoms with Gasteiger partial charge in [-0.25, -0.2) is 4.39 Å². The molecule has 110 valence electrons. The van der Waals surface area contributed by atoms with Gasteiger partial charge in [-0.05, 0) is 30.0 Å². The summed E-state index contributed by atoms with van der Waals surface area (Å²) in [5, 5.41) is 0. The highest BCUT2D eigenvalue weighted by molar-refractivity contribution is 5.97. The molecule has 0 bridgehead atoms. The van der Waals surface area contributed by atoms with E-state index in [2.05, 4.69) is 0 Å². The zero-order valence-corrected chi connectivity index (χ0v) is 12.1. The molecule has 1 aliphatic rings. The fraction of sp³-hybridized carbons (Fsp3) is 0.533. The van der Waals surface area contributed by atoms with Crippen molar-refractivity contribution in [2.75, 3.05) is 20.2 Å². The van der Waals surface area contributed by atoms with Crippen LogP contribution in [0.25, 0.3) is 0 Å². The summed E-state index contributed by atoms with van der Waals surface area (Å²) in [7, 11) is 1.47. The fourth-order valence-corrected chi connectivity index (χ4v) is 2.56. The van der Waals surface area contributed by atoms with Crippen LogP contribution in [-0.4, -0.2) is 37.0 Å². The topological polar surface area (TPSA) is 55.6 Å². The number of rotatable bonds is 2. The van der Waals surface area contributed by atoms with Gasteiger partial charge in [0.15, 0.2) is 0 Å². The molecule has 2 N–H and O–H groups in total. The van der Waals surface area contributed by atoms with E-state index in [9.17, 15) is 9.18 Å². The summed E-state index contributed by atoms with van der Waals surface area (Å²) >= 11 is 0. The van der Waals surface area contributed by atoms with Gasteiger partial charge in [0.25, 0.3) is 5.91 Å². The first-order chi connectivity index (χ1) is 9.35. The number of nitrogens with two attached hydrogens (primary N) is 1. The van der Waals surface area contributed by atoms with Gasteiger partial charge in [-0.1, -0.05) is 13.8 Å². The Balaban J connectivity index is 2.26. The number of hydrogen-bond acceptors (Lipinski definition) is 3. The maximum Gasteiger partial charge on any atom is 0.257 e. The van der Waals surface area contributed by atoms with Crippen molar-refractivity contribution in [3.05, 3.63) is 29.6 Å². The molecule has 1 amide bonds. The molecule has 0 aliphatic carbocycles. The van der Waals surface area contributed by atoms with Crippen LogP contribution in [-0.2, 0) is 0 Å². The Morgan fingerprint density at radius 2 is 2.20 bits per heavy atom. The Bertz CT molecular complexity index is 517. The van der Waals surface area contributed by atoms with Crippen LogP contribution in [0.5, 0.6) is 5.75 Å². The van der Waals surface area contributed by atoms with E-state index in [0.717, 1.165) is 6.42 Å². The molecule has 0 saturated carbocycles. The van der Waals surface area contributed by atoms with E-state index in [1.807, 2.05) is 13.8 Å². The summed E-state index contributed by atoms with van der Waals surface area (Å²) < 4.78 is 18.5. The maximum atomic E-state index is 13.4. The molecule has 1 fully saturated rings. The maximum absolute atomic E-state index is 13.4. The predicted molar refractivity (Wildman–Crippen MR) is 75.2 cm³/mol. The molecule has 1 saturated heterocycles. The van der Waals surface area contributed by atoms with E-state index >= 15 is 0 Å². The minimum atomic E-state index is -0.442. The first-order valence-electron chi connectivity index (χ1n) is 6.73. The van der Waals surface area contributed by atoms with Gasteiger partial charge in [0.1, 0.15) is 11.6 Å². The van der Waals surface area contributed by atoms with Crippen molar-refractivity contribution in [1.82, 2.24) is 4.90 Å². The number of amides is 1. The van der Waals surface area contributed by atoms with Crippen LogP contribution in [0.1, 0.15) is 30.6 Å². The molecule has 1 heterocycles. The largest absolute Gasteiger partial charge is 0.496 e. The first-order valence-corrected chi connectivity index (χ1v) is 6.73. The molecule has 1 atom stereocenters. The van der Waals surface area contributed by atoms with Crippen molar-refractivity contribution in [2.24, 2.45) is 11.1 Å². The second kappa shape index (κ2) is 5.40. The lowest BCUT2D eigenvalue weighted by Gasteiger charge is -2.42. The molecule has 4 nitrogen and oxygen atoms in total. The van der Waals surface area contributed by atoms with Gasteiger partial charge in [-0.15, -0.1) is 0 Å². The molecular formula is C15H21FN2O2. The number of ether oxygens (including phenoxy) is 1. The van der Waals surface area contributed by atoms with E-state index in [-0.39, 0.29) is 22.9 Å². The summed E-state index contributed by atoms with van der Waals surface area (Å²) in [5.41, 5.74) is 6.19. The summed E-state index contributed by atoms with van der Waals surface area (Å²) in [6.07, 6.45) is 0.746. The van der Waals surface area contributed by atoms with E-state index in [1.165, 1.54) is 25.3 Å². The van der Waals surface area contributed by atoms with Gasteiger partial charge in [-0.2, -0.15) is 0 Å². The minimum Gasteiger partial charge on any atom is -0.496 e. The average Bonchev–Trinajstić information content (AvgIpc) is 2.41. The van der Waals surface area contributed by atoms with Crippen molar-refractivity contribution >= 4 is 5.91 Å². The molecule has 5 heteroatoms. The van der Waals surface area contributed by atoms with Gasteiger partial charge >= 0.3 is 0 Å². The average molecular weight is 280 g/mol. The number of hydrogen-bond donors (Lipinski definition) is 1. The van der Waals surface area contributed by atoms with Crippen molar-refractivity contribution in [1.29, 1.82) is 0 Å². The third-order valence-corrected chi connectivity index (χ3v) is 3.99. The van der Waals surface area contributed by atoms with Crippen LogP contribution in [0.4, 0.5) is 4.39 Å². The minimum absolute atomic E-state index is 0.0703. The van der Waals surface area contributed by atoms with Gasteiger partial charge in [0.05, 0.1) is 12.7 Å². The summed E-state index contributed by atoms with van der Waals surface area (Å²) in [5.74, 6) is -0.257. The molecular weight excluding hydrogens is 259 g/mol. The van der Waals surface area contributed by atoms with Crippen molar-refractivity contribution in [2.45, 2.75) is 26.3 Å². The Labute approximate surface area is 118 Å². The van der Waals surface area contributed by atoms with E-state index in [1.54, 1.807) is 4.90 Å². The summed E-state index contributed by atoms with van der Waals surface area (Å²) in [4.78, 5) is 14.3. The van der Waals surface area contributed by atoms with Crippen LogP contribution in [0.3, 0.4) is 0 Å². The van der Waals surface area contributed by atoms with Crippen LogP contribution in [0.15, 0.2) is 18.2 Å². The number of carbonyl (C=O) groups excluding carboxylic acids is 1. The lowest BCUT2D eigenvalue weighted by Crippen LogP contribution is -2.54. The van der Waals surface area contributed by atoms with Crippen molar-refractivity contribution < 1.29 is 13.9 Å². The standard InChI is InChI=1S/C15H21FN2O2/c1-15(2)9-18(7-6-13(15)17)14(19)11-8-10(16)4-5-12(11)20-3/h4-5,8,13H,6-7,9,17H2,1-3H3. The van der Waals surface area contributed by atoms with Crippen molar-refractivity contribution in [3.8, 4) is 5.75 Å². The molecule has 1 aliphatic heterocycles. The number of halogens is 1. The molecule has 0 aromatic heterocycles. The molecule has 0 spiro atoms. The fourth-order valence-electron chi connectivity index (χ4n) is 2.56. The quantitative estimate of drug-likeness (QED) is 0.902. The number of piperidine rings is 1. The molecule has 1 aromatic carbocycles. The molecule has 1 aromatic rings. The smallest absolute Gasteiger partial charge is 0.257 e. The lowest BCUT2D eigenvalue weighted by molar-refractivity contribution is 0.0529. The van der Waals surface area contributed by atoms with Gasteiger partial charge in [0.2, 0.25) is 0 Å². The van der Waals surface area contributed by atoms with Gasteiger partial charge in [-0.3, -0.25) is 4.79 Å². The van der Waals surface area contributed by atoms with Crippen LogP contribution < -0.4 is 10.5 Å². The highest BCUT2D eigenvalue weighted by atomic mass is 19.1. The lowest BCUT2D eigenvalue weighted by atomic mass is 9.79. The van der Waals surface area contributed by atoms with E-state index in [4.69, 9.17) is 10.5 Å². The Morgan fingerprint density at radius 1 is 1.50 bits per heavy atom. The molecule has 1 unspecified atom stereocenters. The third kappa shape index (κ3) is 2.77. The number of carbonyl (C=O) groups is 1. The van der Waals surface area contributed by atoms with Crippen LogP contribution in [0, 0.1) is 11.2 Å². The van der Waals surface area contributed by atoms with E-state index < -0.39 is 5.82 Å². The first kappa shape index (κ1) is 14.8. The molecule has 20 heavy (non-hydrogen) atoms. The molecule has 0 radical (unpaired) electrons. The summed E-state index contributed by atoms with van der Waals surface area (Å²) in [6.45, 7) is 5.23. The number of likely N-dealkylation sites (tertiary alicyclic amines) is 1. The highest BCUT2D eigenvalue weighted by Crippen LogP contribution is 2.30. The predicted octanol–water partition coefficient (Wildman–Crippen LogP) is 2.03. The number of benzene rings is 1. The Morgan fingerprint density at radius 3 is 2.80 bits per heavy atom. The zero-order chi connectivity index (χ0) is 14.9. The van der Waals surface area contributed by atoms with Crippen LogP contribution in [0.2, 0.25) is 0 Å². The number of methoxy groups -OCH3 is 1. The zero-order valence-electron chi connectivity index (χ0n) is 12.1. The van der Waals surface area contributed by atoms with Gasteiger partial charge in [0, 0.05) is 19.1 Å². The second-order valence-electron chi connectivity index (χ2n) is 5.96. The second-order valence-corrected chi connectivity index (χ2v) is 5.96. The monoisotopic (exact) mass is 280 g/mol. The SMILES string of the molecule is COc1ccc(F)cc1C(=O)N1CCC(N)C(C)(C)C1. The summed E-state index contributed by atoms with van der Waals surface area (Å²) in [6, 6.07) is 4.05. The Hall–Kier alpha value is -1.62. The normalized spacial score (nSPS) is 21.6. The van der Waals surface area contributed by atoms with Crippen LogP contribution >= 0.6 is 0 Å². The van der Waals surface area contributed by atoms with Gasteiger partial charge < -0.3 is 15.4 Å². The number of nitrogens with zero attached hydrogens (tertiary/aromatic N) is 1. The van der Waals surface area contributed by atoms with Crippen molar-refractivity contribution in [3.63, 3.8) is 0 Å². The molecule has 2 rings (SSSR count). The third-order valence-electron chi connectivity index (χ3n) is 3.99. The Kier molecular flexibility index (Phi) is 3.99.